The van der Waals surface area contributed by atoms with Crippen LogP contribution < -0.4 is 15.5 Å². The Morgan fingerprint density at radius 2 is 2.12 bits per heavy atom. The summed E-state index contributed by atoms with van der Waals surface area (Å²) in [5.41, 5.74) is 1.23. The van der Waals surface area contributed by atoms with E-state index < -0.39 is 22.0 Å². The number of hydrogen-bond acceptors (Lipinski definition) is 7. The number of rotatable bonds is 13. The van der Waals surface area contributed by atoms with Crippen molar-refractivity contribution in [3.63, 3.8) is 0 Å². The van der Waals surface area contributed by atoms with Crippen molar-refractivity contribution in [1.29, 1.82) is 0 Å². The molecule has 11 heteroatoms. The molecule has 2 heterocycles. The van der Waals surface area contributed by atoms with Gasteiger partial charge in [0.25, 0.3) is 0 Å². The maximum Gasteiger partial charge on any atom is 0.322 e. The Bertz CT molecular complexity index is 1240. The number of unbranched alkanes of at least 4 members (excludes halogenated alkanes) is 1. The van der Waals surface area contributed by atoms with Crippen LogP contribution in [0.25, 0.3) is 11.0 Å². The number of aromatic amines is 1. The van der Waals surface area contributed by atoms with Crippen molar-refractivity contribution in [1.82, 2.24) is 14.7 Å². The minimum atomic E-state index is -3.72. The lowest BCUT2D eigenvalue weighted by Crippen LogP contribution is -2.43. The highest BCUT2D eigenvalue weighted by Gasteiger charge is 2.24. The number of aliphatic carboxylic acids is 1. The lowest BCUT2D eigenvalue weighted by atomic mass is 10.0. The molecule has 0 saturated carbocycles. The summed E-state index contributed by atoms with van der Waals surface area (Å²) >= 11 is 0. The maximum absolute atomic E-state index is 12.9. The van der Waals surface area contributed by atoms with Crippen LogP contribution in [0.1, 0.15) is 37.3 Å². The average molecular weight is 477 g/mol. The Balaban J connectivity index is 1.72. The molecule has 1 atom stereocenters. The first-order chi connectivity index (χ1) is 15.8. The van der Waals surface area contributed by atoms with E-state index in [1.807, 2.05) is 6.92 Å². The number of fused-ring (bicyclic) bond motifs is 1. The number of sulfonamides is 1. The standard InChI is InChI=1S/C22H28N4O6S/c1-2-3-11-33(30,31)26-18(21(28)29)13-15-6-7-19-17(12-15)20(27)16(14-32-19)5-4-8-23-22-24-9-10-25-22/h6-7,9-10,12,14,18,26H,2-5,8,11,13H2,1H3,(H,28,29)(H2,23,24,25). The first kappa shape index (κ1) is 24.5. The molecule has 0 saturated heterocycles. The predicted octanol–water partition coefficient (Wildman–Crippen LogP) is 2.28. The molecular weight excluding hydrogens is 448 g/mol. The van der Waals surface area contributed by atoms with Crippen LogP contribution in [0.15, 0.2) is 46.1 Å². The Morgan fingerprint density at radius 3 is 2.82 bits per heavy atom. The first-order valence-electron chi connectivity index (χ1n) is 10.8. The van der Waals surface area contributed by atoms with Gasteiger partial charge in [0, 0.05) is 24.5 Å². The van der Waals surface area contributed by atoms with Crippen LogP contribution in [0.5, 0.6) is 0 Å². The van der Waals surface area contributed by atoms with Crippen molar-refractivity contribution < 1.29 is 22.7 Å². The molecular formula is C22H28N4O6S. The lowest BCUT2D eigenvalue weighted by Gasteiger charge is -2.15. The van der Waals surface area contributed by atoms with E-state index in [2.05, 4.69) is 20.0 Å². The van der Waals surface area contributed by atoms with E-state index in [9.17, 15) is 23.1 Å². The van der Waals surface area contributed by atoms with E-state index in [0.717, 1.165) is 0 Å². The molecule has 0 bridgehead atoms. The van der Waals surface area contributed by atoms with E-state index in [4.69, 9.17) is 4.42 Å². The largest absolute Gasteiger partial charge is 0.480 e. The van der Waals surface area contributed by atoms with Crippen LogP contribution in [-0.4, -0.2) is 47.8 Å². The summed E-state index contributed by atoms with van der Waals surface area (Å²) < 4.78 is 32.2. The summed E-state index contributed by atoms with van der Waals surface area (Å²) in [6.07, 6.45) is 7.00. The lowest BCUT2D eigenvalue weighted by molar-refractivity contribution is -0.138. The summed E-state index contributed by atoms with van der Waals surface area (Å²) in [4.78, 5) is 31.6. The topological polar surface area (TPSA) is 154 Å². The number of carbonyl (C=O) groups is 1. The van der Waals surface area contributed by atoms with E-state index >= 15 is 0 Å². The molecule has 1 unspecified atom stereocenters. The fraction of sp³-hybridized carbons (Fsp3) is 0.409. The molecule has 2 aromatic heterocycles. The molecule has 0 aliphatic rings. The average Bonchev–Trinajstić information content (AvgIpc) is 3.30. The molecule has 4 N–H and O–H groups in total. The monoisotopic (exact) mass is 476 g/mol. The van der Waals surface area contributed by atoms with Crippen molar-refractivity contribution in [2.24, 2.45) is 0 Å². The molecule has 0 fully saturated rings. The van der Waals surface area contributed by atoms with Gasteiger partial charge >= 0.3 is 5.97 Å². The maximum atomic E-state index is 12.9. The second-order valence-electron chi connectivity index (χ2n) is 7.77. The Kier molecular flexibility index (Phi) is 8.23. The minimum absolute atomic E-state index is 0.0899. The second-order valence-corrected chi connectivity index (χ2v) is 9.65. The third-order valence-corrected chi connectivity index (χ3v) is 6.62. The Morgan fingerprint density at radius 1 is 1.30 bits per heavy atom. The van der Waals surface area contributed by atoms with Gasteiger partial charge in [-0.05, 0) is 43.4 Å². The zero-order valence-corrected chi connectivity index (χ0v) is 19.2. The number of nitrogens with zero attached hydrogens (tertiary/aromatic N) is 1. The summed E-state index contributed by atoms with van der Waals surface area (Å²) in [7, 11) is -3.72. The van der Waals surface area contributed by atoms with Crippen LogP contribution in [0.4, 0.5) is 5.95 Å². The second kappa shape index (κ2) is 11.1. The van der Waals surface area contributed by atoms with Crippen molar-refractivity contribution in [2.45, 2.75) is 45.1 Å². The zero-order valence-electron chi connectivity index (χ0n) is 18.3. The van der Waals surface area contributed by atoms with Crippen LogP contribution in [0, 0.1) is 0 Å². The van der Waals surface area contributed by atoms with Crippen LogP contribution in [-0.2, 0) is 27.7 Å². The molecule has 0 aliphatic carbocycles. The molecule has 3 rings (SSSR count). The number of H-pyrrole nitrogens is 1. The van der Waals surface area contributed by atoms with Gasteiger partial charge in [0.05, 0.1) is 17.4 Å². The van der Waals surface area contributed by atoms with Crippen LogP contribution in [0.3, 0.4) is 0 Å². The number of hydrogen-bond donors (Lipinski definition) is 4. The van der Waals surface area contributed by atoms with Gasteiger partial charge < -0.3 is 19.8 Å². The molecule has 0 spiro atoms. The molecule has 3 aromatic rings. The molecule has 33 heavy (non-hydrogen) atoms. The Labute approximate surface area is 191 Å². The number of carboxylic acids is 1. The van der Waals surface area contributed by atoms with Crippen LogP contribution in [0.2, 0.25) is 0 Å². The molecule has 0 amide bonds. The molecule has 0 radical (unpaired) electrons. The molecule has 10 nitrogen and oxygen atoms in total. The van der Waals surface area contributed by atoms with Gasteiger partial charge in [-0.15, -0.1) is 0 Å². The normalized spacial score (nSPS) is 12.6. The number of anilines is 1. The zero-order chi connectivity index (χ0) is 23.8. The molecule has 1 aromatic carbocycles. The molecule has 178 valence electrons. The van der Waals surface area contributed by atoms with Crippen molar-refractivity contribution in [3.05, 3.63) is 58.2 Å². The van der Waals surface area contributed by atoms with Gasteiger partial charge in [-0.1, -0.05) is 19.4 Å². The van der Waals surface area contributed by atoms with Crippen molar-refractivity contribution in [3.8, 4) is 0 Å². The summed E-state index contributed by atoms with van der Waals surface area (Å²) in [6, 6.07) is 3.47. The third-order valence-electron chi connectivity index (χ3n) is 5.15. The van der Waals surface area contributed by atoms with Crippen molar-refractivity contribution >= 4 is 32.9 Å². The van der Waals surface area contributed by atoms with E-state index in [0.29, 0.717) is 60.3 Å². The fourth-order valence-corrected chi connectivity index (χ4v) is 4.79. The van der Waals surface area contributed by atoms with Crippen LogP contribution >= 0.6 is 0 Å². The van der Waals surface area contributed by atoms with Gasteiger partial charge in [-0.3, -0.25) is 9.59 Å². The van der Waals surface area contributed by atoms with E-state index in [-0.39, 0.29) is 17.6 Å². The number of nitrogens with one attached hydrogen (secondary N) is 3. The van der Waals surface area contributed by atoms with E-state index in [1.165, 1.54) is 6.26 Å². The minimum Gasteiger partial charge on any atom is -0.480 e. The number of benzene rings is 1. The van der Waals surface area contributed by atoms with Gasteiger partial charge in [-0.2, -0.15) is 0 Å². The summed E-state index contributed by atoms with van der Waals surface area (Å²) in [6.45, 7) is 2.47. The quantitative estimate of drug-likeness (QED) is 0.274. The Hall–Kier alpha value is -3.18. The highest BCUT2D eigenvalue weighted by molar-refractivity contribution is 7.89. The third kappa shape index (κ3) is 6.90. The van der Waals surface area contributed by atoms with Gasteiger partial charge in [0.15, 0.2) is 11.4 Å². The highest BCUT2D eigenvalue weighted by atomic mass is 32.2. The molecule has 0 aliphatic heterocycles. The highest BCUT2D eigenvalue weighted by Crippen LogP contribution is 2.16. The van der Waals surface area contributed by atoms with Gasteiger partial charge in [-0.25, -0.2) is 18.1 Å². The first-order valence-corrected chi connectivity index (χ1v) is 12.4. The van der Waals surface area contributed by atoms with Crippen molar-refractivity contribution in [2.75, 3.05) is 17.6 Å². The number of carboxylic acid groups (broad SMARTS) is 1. The van der Waals surface area contributed by atoms with E-state index in [1.54, 1.807) is 30.6 Å². The predicted molar refractivity (Wildman–Crippen MR) is 125 cm³/mol. The smallest absolute Gasteiger partial charge is 0.322 e. The number of imidazole rings is 1. The van der Waals surface area contributed by atoms with Gasteiger partial charge in [0.1, 0.15) is 11.6 Å². The summed E-state index contributed by atoms with van der Waals surface area (Å²) in [5.74, 6) is -0.754. The number of aryl methyl sites for hydroxylation is 1. The number of aromatic nitrogens is 2. The fourth-order valence-electron chi connectivity index (χ4n) is 3.39. The SMILES string of the molecule is CCCCS(=O)(=O)NC(Cc1ccc2occ(CCCNc3ncc[nH]3)c(=O)c2c1)C(=O)O. The summed E-state index contributed by atoms with van der Waals surface area (Å²) in [5, 5.41) is 13.0. The van der Waals surface area contributed by atoms with Gasteiger partial charge in [0.2, 0.25) is 10.0 Å².